The number of nitrogens with zero attached hydrogens (tertiary/aromatic N) is 1. The van der Waals surface area contributed by atoms with E-state index in [0.29, 0.717) is 38.5 Å². The zero-order valence-corrected chi connectivity index (χ0v) is 21.8. The van der Waals surface area contributed by atoms with Gasteiger partial charge >= 0.3 is 6.09 Å². The maximum Gasteiger partial charge on any atom is 0.407 e. The number of carbonyl (C=O) groups excluding carboxylic acids is 2. The monoisotopic (exact) mass is 479 g/mol. The van der Waals surface area contributed by atoms with Crippen LogP contribution in [-0.2, 0) is 16.1 Å². The summed E-state index contributed by atoms with van der Waals surface area (Å²) >= 11 is 0. The van der Waals surface area contributed by atoms with Crippen molar-refractivity contribution in [3.05, 3.63) is 71.8 Å². The lowest BCUT2D eigenvalue weighted by Gasteiger charge is -2.36. The zero-order valence-electron chi connectivity index (χ0n) is 21.8. The molecule has 2 aromatic rings. The minimum atomic E-state index is -0.558. The van der Waals surface area contributed by atoms with Gasteiger partial charge in [-0.25, -0.2) is 4.79 Å². The largest absolute Gasteiger partial charge is 0.444 e. The number of piperidine rings is 1. The number of nitrogens with one attached hydrogen (secondary N) is 2. The van der Waals surface area contributed by atoms with Crippen LogP contribution in [0, 0.1) is 11.8 Å². The molecular formula is C29H41N3O3. The van der Waals surface area contributed by atoms with Gasteiger partial charge < -0.3 is 20.3 Å². The molecule has 1 aliphatic heterocycles. The van der Waals surface area contributed by atoms with Gasteiger partial charge in [0.1, 0.15) is 5.60 Å². The molecule has 0 spiro atoms. The fraction of sp³-hybridized carbons (Fsp3) is 0.517. The second kappa shape index (κ2) is 12.2. The number of rotatable bonds is 8. The Bertz CT molecular complexity index is 941. The first-order valence-electron chi connectivity index (χ1n) is 12.7. The summed E-state index contributed by atoms with van der Waals surface area (Å²) in [4.78, 5) is 28.2. The van der Waals surface area contributed by atoms with E-state index in [1.807, 2.05) is 49.9 Å². The highest BCUT2D eigenvalue weighted by Gasteiger charge is 2.33. The summed E-state index contributed by atoms with van der Waals surface area (Å²) in [5.41, 5.74) is 1.81. The van der Waals surface area contributed by atoms with Crippen molar-refractivity contribution >= 4 is 12.0 Å². The lowest BCUT2D eigenvalue weighted by Crippen LogP contribution is -2.53. The molecule has 2 aromatic carbocycles. The van der Waals surface area contributed by atoms with E-state index in [4.69, 9.17) is 4.74 Å². The molecule has 0 bridgehead atoms. The molecule has 6 nitrogen and oxygen atoms in total. The van der Waals surface area contributed by atoms with Gasteiger partial charge in [0.15, 0.2) is 0 Å². The molecule has 1 heterocycles. The van der Waals surface area contributed by atoms with Crippen LogP contribution >= 0.6 is 0 Å². The summed E-state index contributed by atoms with van der Waals surface area (Å²) in [6.45, 7) is 12.4. The number of hydrogen-bond acceptors (Lipinski definition) is 4. The van der Waals surface area contributed by atoms with Crippen LogP contribution in [0.25, 0.3) is 0 Å². The molecule has 1 fully saturated rings. The Balaban J connectivity index is 1.76. The predicted octanol–water partition coefficient (Wildman–Crippen LogP) is 4.96. The summed E-state index contributed by atoms with van der Waals surface area (Å²) in [6, 6.07) is 20.5. The van der Waals surface area contributed by atoms with Gasteiger partial charge in [0.05, 0.1) is 5.92 Å². The lowest BCUT2D eigenvalue weighted by molar-refractivity contribution is -0.137. The second-order valence-corrected chi connectivity index (χ2v) is 10.9. The molecular weight excluding hydrogens is 438 g/mol. The van der Waals surface area contributed by atoms with Gasteiger partial charge in [-0.2, -0.15) is 0 Å². The summed E-state index contributed by atoms with van der Waals surface area (Å²) in [7, 11) is 0. The first-order chi connectivity index (χ1) is 16.6. The SMILES string of the molecule is CC(C)C(CN(Cc1ccccc1)C(=O)[C@@H]1CNC[C@H](NC(=O)OC(C)(C)C)C1)c1ccccc1. The second-order valence-electron chi connectivity index (χ2n) is 10.9. The van der Waals surface area contributed by atoms with Gasteiger partial charge in [0.2, 0.25) is 5.91 Å². The van der Waals surface area contributed by atoms with Crippen LogP contribution in [0.15, 0.2) is 60.7 Å². The standard InChI is InChI=1S/C29H41N3O3/c1-21(2)26(23-14-10-7-11-15-23)20-32(19-22-12-8-6-9-13-22)27(33)24-16-25(18-30-17-24)31-28(34)35-29(3,4)5/h6-15,21,24-26,30H,16-20H2,1-5H3,(H,31,34)/t24-,25+,26?/m0/s1. The molecule has 1 saturated heterocycles. The molecule has 2 N–H and O–H groups in total. The maximum absolute atomic E-state index is 13.9. The number of ether oxygens (including phenoxy) is 1. The van der Waals surface area contributed by atoms with Crippen molar-refractivity contribution in [1.82, 2.24) is 15.5 Å². The maximum atomic E-state index is 13.9. The summed E-state index contributed by atoms with van der Waals surface area (Å²) < 4.78 is 5.42. The van der Waals surface area contributed by atoms with Crippen LogP contribution in [0.3, 0.4) is 0 Å². The molecule has 2 amide bonds. The van der Waals surface area contributed by atoms with Crippen molar-refractivity contribution in [3.8, 4) is 0 Å². The van der Waals surface area contributed by atoms with Crippen LogP contribution in [0.4, 0.5) is 4.79 Å². The molecule has 1 unspecified atom stereocenters. The lowest BCUT2D eigenvalue weighted by atomic mass is 9.87. The fourth-order valence-electron chi connectivity index (χ4n) is 4.65. The number of amides is 2. The minimum Gasteiger partial charge on any atom is -0.444 e. The highest BCUT2D eigenvalue weighted by Crippen LogP contribution is 2.28. The molecule has 0 radical (unpaired) electrons. The minimum absolute atomic E-state index is 0.124. The molecule has 0 saturated carbocycles. The van der Waals surface area contributed by atoms with Crippen LogP contribution in [0.1, 0.15) is 58.1 Å². The first kappa shape index (κ1) is 26.7. The van der Waals surface area contributed by atoms with E-state index in [1.165, 1.54) is 5.56 Å². The Hall–Kier alpha value is -2.86. The Kier molecular flexibility index (Phi) is 9.33. The first-order valence-corrected chi connectivity index (χ1v) is 12.7. The quantitative estimate of drug-likeness (QED) is 0.562. The Morgan fingerprint density at radius 2 is 1.66 bits per heavy atom. The van der Waals surface area contributed by atoms with Crippen LogP contribution in [-0.4, -0.2) is 48.2 Å². The number of alkyl carbamates (subject to hydrolysis) is 1. The highest BCUT2D eigenvalue weighted by atomic mass is 16.6. The molecule has 0 aliphatic carbocycles. The van der Waals surface area contributed by atoms with Gasteiger partial charge in [-0.1, -0.05) is 74.5 Å². The van der Waals surface area contributed by atoms with E-state index in [0.717, 1.165) is 5.56 Å². The molecule has 1 aliphatic rings. The normalized spacial score (nSPS) is 19.1. The summed E-state index contributed by atoms with van der Waals surface area (Å²) in [5.74, 6) is 0.528. The van der Waals surface area contributed by atoms with E-state index in [-0.39, 0.29) is 23.8 Å². The van der Waals surface area contributed by atoms with Crippen LogP contribution < -0.4 is 10.6 Å². The Morgan fingerprint density at radius 1 is 1.03 bits per heavy atom. The topological polar surface area (TPSA) is 70.7 Å². The number of carbonyl (C=O) groups is 2. The van der Waals surface area contributed by atoms with Crippen molar-refractivity contribution in [2.24, 2.45) is 11.8 Å². The third-order valence-corrected chi connectivity index (χ3v) is 6.40. The van der Waals surface area contributed by atoms with Crippen molar-refractivity contribution in [3.63, 3.8) is 0 Å². The van der Waals surface area contributed by atoms with E-state index in [2.05, 4.69) is 60.9 Å². The molecule has 6 heteroatoms. The third-order valence-electron chi connectivity index (χ3n) is 6.40. The predicted molar refractivity (Wildman–Crippen MR) is 140 cm³/mol. The molecule has 3 atom stereocenters. The fourth-order valence-corrected chi connectivity index (χ4v) is 4.65. The van der Waals surface area contributed by atoms with Gasteiger partial charge in [0, 0.05) is 38.1 Å². The van der Waals surface area contributed by atoms with Crippen molar-refractivity contribution in [2.45, 2.75) is 65.1 Å². The van der Waals surface area contributed by atoms with Crippen molar-refractivity contribution in [2.75, 3.05) is 19.6 Å². The van der Waals surface area contributed by atoms with Gasteiger partial charge in [-0.15, -0.1) is 0 Å². The smallest absolute Gasteiger partial charge is 0.407 e. The van der Waals surface area contributed by atoms with Gasteiger partial charge in [-0.05, 0) is 44.2 Å². The number of benzene rings is 2. The third kappa shape index (κ3) is 8.39. The van der Waals surface area contributed by atoms with Crippen LogP contribution in [0.5, 0.6) is 0 Å². The summed E-state index contributed by atoms with van der Waals surface area (Å²) in [6.07, 6.45) is 0.149. The van der Waals surface area contributed by atoms with E-state index in [9.17, 15) is 9.59 Å². The summed E-state index contributed by atoms with van der Waals surface area (Å²) in [5, 5.41) is 6.28. The molecule has 190 valence electrons. The Labute approximate surface area is 210 Å². The van der Waals surface area contributed by atoms with Crippen molar-refractivity contribution < 1.29 is 14.3 Å². The van der Waals surface area contributed by atoms with Crippen LogP contribution in [0.2, 0.25) is 0 Å². The molecule has 3 rings (SSSR count). The highest BCUT2D eigenvalue weighted by molar-refractivity contribution is 5.79. The Morgan fingerprint density at radius 3 is 2.26 bits per heavy atom. The molecule has 0 aromatic heterocycles. The zero-order chi connectivity index (χ0) is 25.4. The van der Waals surface area contributed by atoms with E-state index < -0.39 is 11.7 Å². The average Bonchev–Trinajstić information content (AvgIpc) is 2.81. The van der Waals surface area contributed by atoms with Crippen molar-refractivity contribution in [1.29, 1.82) is 0 Å². The van der Waals surface area contributed by atoms with E-state index >= 15 is 0 Å². The van der Waals surface area contributed by atoms with E-state index in [1.54, 1.807) is 0 Å². The van der Waals surface area contributed by atoms with Gasteiger partial charge in [0.25, 0.3) is 0 Å². The number of hydrogen-bond donors (Lipinski definition) is 2. The van der Waals surface area contributed by atoms with Gasteiger partial charge in [-0.3, -0.25) is 4.79 Å². The molecule has 35 heavy (non-hydrogen) atoms. The average molecular weight is 480 g/mol.